The average molecular weight is 301 g/mol. The van der Waals surface area contributed by atoms with E-state index in [1.807, 2.05) is 20.8 Å². The molecule has 1 aromatic rings. The van der Waals surface area contributed by atoms with Crippen LogP contribution in [0, 0.1) is 19.3 Å². The molecule has 1 aromatic heterocycles. The van der Waals surface area contributed by atoms with E-state index in [0.717, 1.165) is 0 Å². The summed E-state index contributed by atoms with van der Waals surface area (Å²) in [6.45, 7) is 5.59. The molecule has 7 heteroatoms. The van der Waals surface area contributed by atoms with Gasteiger partial charge in [0.15, 0.2) is 5.69 Å². The zero-order chi connectivity index (χ0) is 16.4. The van der Waals surface area contributed by atoms with Gasteiger partial charge in [0.25, 0.3) is 5.91 Å². The lowest BCUT2D eigenvalue weighted by molar-refractivity contribution is -0.139. The highest BCUT2D eigenvalue weighted by Gasteiger charge is 2.34. The van der Waals surface area contributed by atoms with Crippen LogP contribution in [0.3, 0.4) is 0 Å². The van der Waals surface area contributed by atoms with Crippen LogP contribution < -0.4 is 0 Å². The fourth-order valence-corrected chi connectivity index (χ4v) is 1.95. The van der Waals surface area contributed by atoms with Crippen molar-refractivity contribution in [2.45, 2.75) is 39.4 Å². The average Bonchev–Trinajstić information content (AvgIpc) is 2.67. The van der Waals surface area contributed by atoms with Crippen LogP contribution in [-0.4, -0.2) is 39.9 Å². The van der Waals surface area contributed by atoms with Crippen LogP contribution in [0.4, 0.5) is 13.2 Å². The molecule has 116 valence electrons. The van der Waals surface area contributed by atoms with Crippen molar-refractivity contribution < 1.29 is 18.0 Å². The van der Waals surface area contributed by atoms with Crippen LogP contribution in [0.15, 0.2) is 6.07 Å². The highest BCUT2D eigenvalue weighted by atomic mass is 19.4. The first-order valence-electron chi connectivity index (χ1n) is 6.32. The molecule has 0 spiro atoms. The van der Waals surface area contributed by atoms with Gasteiger partial charge in [0.1, 0.15) is 6.54 Å². The molecule has 0 saturated carbocycles. The summed E-state index contributed by atoms with van der Waals surface area (Å²) in [5.41, 5.74) is 0.282. The van der Waals surface area contributed by atoms with E-state index in [4.69, 9.17) is 6.42 Å². The van der Waals surface area contributed by atoms with Crippen LogP contribution in [-0.2, 0) is 5.54 Å². The fourth-order valence-electron chi connectivity index (χ4n) is 1.95. The largest absolute Gasteiger partial charge is 0.406 e. The van der Waals surface area contributed by atoms with E-state index in [0.29, 0.717) is 10.6 Å². The standard InChI is InChI=1S/C14H18F3N3O/c1-6-7-19(9-14(15,16)17)12(21)11-8-10(2)20(18-11)13(3,4)5/h1,8H,7,9H2,2-5H3. The van der Waals surface area contributed by atoms with Gasteiger partial charge in [0.2, 0.25) is 0 Å². The van der Waals surface area contributed by atoms with E-state index >= 15 is 0 Å². The number of amides is 1. The van der Waals surface area contributed by atoms with E-state index < -0.39 is 25.2 Å². The molecule has 0 aliphatic rings. The molecule has 4 nitrogen and oxygen atoms in total. The topological polar surface area (TPSA) is 38.1 Å². The normalized spacial score (nSPS) is 12.1. The quantitative estimate of drug-likeness (QED) is 0.805. The lowest BCUT2D eigenvalue weighted by Gasteiger charge is -2.22. The Morgan fingerprint density at radius 1 is 1.43 bits per heavy atom. The number of hydrogen-bond acceptors (Lipinski definition) is 2. The third-order valence-electron chi connectivity index (χ3n) is 2.68. The van der Waals surface area contributed by atoms with Gasteiger partial charge in [-0.2, -0.15) is 18.3 Å². The summed E-state index contributed by atoms with van der Waals surface area (Å²) in [6.07, 6.45) is 0.526. The molecule has 0 saturated heterocycles. The van der Waals surface area contributed by atoms with Crippen molar-refractivity contribution in [2.75, 3.05) is 13.1 Å². The molecule has 0 N–H and O–H groups in total. The van der Waals surface area contributed by atoms with Gasteiger partial charge < -0.3 is 4.90 Å². The highest BCUT2D eigenvalue weighted by molar-refractivity contribution is 5.92. The van der Waals surface area contributed by atoms with Gasteiger partial charge in [-0.1, -0.05) is 5.92 Å². The fraction of sp³-hybridized carbons (Fsp3) is 0.571. The SMILES string of the molecule is C#CCN(CC(F)(F)F)C(=O)c1cc(C)n(C(C)(C)C)n1. The second-order valence-electron chi connectivity index (χ2n) is 5.73. The molecule has 1 rings (SSSR count). The van der Waals surface area contributed by atoms with Crippen molar-refractivity contribution in [3.05, 3.63) is 17.5 Å². The minimum absolute atomic E-state index is 0.0399. The first kappa shape index (κ1) is 17.1. The lowest BCUT2D eigenvalue weighted by atomic mass is 10.1. The number of alkyl halides is 3. The van der Waals surface area contributed by atoms with Crippen molar-refractivity contribution in [1.29, 1.82) is 0 Å². The minimum atomic E-state index is -4.51. The second kappa shape index (κ2) is 5.80. The Kier molecular flexibility index (Phi) is 4.72. The number of hydrogen-bond donors (Lipinski definition) is 0. The number of nitrogens with zero attached hydrogens (tertiary/aromatic N) is 3. The third-order valence-corrected chi connectivity index (χ3v) is 2.68. The summed E-state index contributed by atoms with van der Waals surface area (Å²) in [5, 5.41) is 4.10. The number of terminal acetylenes is 1. The summed E-state index contributed by atoms with van der Waals surface area (Å²) < 4.78 is 39.1. The Balaban J connectivity index is 3.08. The molecule has 21 heavy (non-hydrogen) atoms. The van der Waals surface area contributed by atoms with Crippen LogP contribution in [0.2, 0.25) is 0 Å². The van der Waals surface area contributed by atoms with Crippen molar-refractivity contribution in [1.82, 2.24) is 14.7 Å². The molecule has 0 aromatic carbocycles. The summed E-state index contributed by atoms with van der Waals surface area (Å²) >= 11 is 0. The number of rotatable bonds is 3. The maximum absolute atomic E-state index is 12.5. The molecule has 0 aliphatic carbocycles. The number of carbonyl (C=O) groups excluding carboxylic acids is 1. The molecule has 1 amide bonds. The summed E-state index contributed by atoms with van der Waals surface area (Å²) in [5.74, 6) is 1.24. The van der Waals surface area contributed by atoms with E-state index in [1.165, 1.54) is 6.07 Å². The molecule has 0 unspecified atom stereocenters. The summed E-state index contributed by atoms with van der Waals surface area (Å²) in [7, 11) is 0. The summed E-state index contributed by atoms with van der Waals surface area (Å²) in [4.78, 5) is 12.7. The Morgan fingerprint density at radius 2 is 2.00 bits per heavy atom. The molecular formula is C14H18F3N3O. The van der Waals surface area contributed by atoms with Gasteiger partial charge in [0.05, 0.1) is 12.1 Å². The van der Waals surface area contributed by atoms with Crippen LogP contribution >= 0.6 is 0 Å². The number of aromatic nitrogens is 2. The maximum atomic E-state index is 12.5. The molecule has 0 aliphatic heterocycles. The van der Waals surface area contributed by atoms with Crippen LogP contribution in [0.5, 0.6) is 0 Å². The number of aryl methyl sites for hydroxylation is 1. The van der Waals surface area contributed by atoms with Gasteiger partial charge in [-0.05, 0) is 33.8 Å². The van der Waals surface area contributed by atoms with E-state index in [2.05, 4.69) is 11.0 Å². The predicted molar refractivity (Wildman–Crippen MR) is 72.8 cm³/mol. The Bertz CT molecular complexity index is 561. The lowest BCUT2D eigenvalue weighted by Crippen LogP contribution is -2.39. The predicted octanol–water partition coefficient (Wildman–Crippen LogP) is 2.58. The Labute approximate surface area is 121 Å². The zero-order valence-corrected chi connectivity index (χ0v) is 12.5. The van der Waals surface area contributed by atoms with E-state index in [-0.39, 0.29) is 11.2 Å². The zero-order valence-electron chi connectivity index (χ0n) is 12.5. The molecule has 0 atom stereocenters. The number of carbonyl (C=O) groups is 1. The monoisotopic (exact) mass is 301 g/mol. The smallest absolute Gasteiger partial charge is 0.317 e. The maximum Gasteiger partial charge on any atom is 0.406 e. The van der Waals surface area contributed by atoms with Crippen LogP contribution in [0.1, 0.15) is 37.0 Å². The highest BCUT2D eigenvalue weighted by Crippen LogP contribution is 2.20. The van der Waals surface area contributed by atoms with Gasteiger partial charge in [0, 0.05) is 5.69 Å². The number of halogens is 3. The molecule has 0 radical (unpaired) electrons. The molecular weight excluding hydrogens is 283 g/mol. The van der Waals surface area contributed by atoms with Gasteiger partial charge in [-0.3, -0.25) is 9.48 Å². The molecule has 1 heterocycles. The second-order valence-corrected chi connectivity index (χ2v) is 5.73. The van der Waals surface area contributed by atoms with E-state index in [9.17, 15) is 18.0 Å². The summed E-state index contributed by atoms with van der Waals surface area (Å²) in [6, 6.07) is 1.47. The minimum Gasteiger partial charge on any atom is -0.317 e. The van der Waals surface area contributed by atoms with Crippen molar-refractivity contribution in [2.24, 2.45) is 0 Å². The first-order chi connectivity index (χ1) is 9.45. The van der Waals surface area contributed by atoms with Gasteiger partial charge >= 0.3 is 6.18 Å². The van der Waals surface area contributed by atoms with Crippen LogP contribution in [0.25, 0.3) is 0 Å². The van der Waals surface area contributed by atoms with Crippen molar-refractivity contribution in [3.63, 3.8) is 0 Å². The Morgan fingerprint density at radius 3 is 2.38 bits per heavy atom. The van der Waals surface area contributed by atoms with Gasteiger partial charge in [-0.15, -0.1) is 6.42 Å². The van der Waals surface area contributed by atoms with Crippen molar-refractivity contribution in [3.8, 4) is 12.3 Å². The van der Waals surface area contributed by atoms with Crippen molar-refractivity contribution >= 4 is 5.91 Å². The van der Waals surface area contributed by atoms with Gasteiger partial charge in [-0.25, -0.2) is 0 Å². The Hall–Kier alpha value is -1.97. The molecule has 0 fully saturated rings. The first-order valence-corrected chi connectivity index (χ1v) is 6.32. The molecule has 0 bridgehead atoms. The third kappa shape index (κ3) is 4.52. The van der Waals surface area contributed by atoms with E-state index in [1.54, 1.807) is 11.6 Å².